The second-order valence-electron chi connectivity index (χ2n) is 8.19. The van der Waals surface area contributed by atoms with E-state index < -0.39 is 6.10 Å². The topological polar surface area (TPSA) is 32.7 Å². The van der Waals surface area contributed by atoms with E-state index in [1.165, 1.54) is 48.8 Å². The number of hydrogen-bond acceptors (Lipinski definition) is 3. The third-order valence-corrected chi connectivity index (χ3v) is 5.93. The van der Waals surface area contributed by atoms with Crippen LogP contribution in [-0.2, 0) is 0 Å². The third-order valence-electron chi connectivity index (χ3n) is 5.93. The van der Waals surface area contributed by atoms with Crippen molar-refractivity contribution in [1.29, 1.82) is 0 Å². The number of aliphatic hydroxyl groups excluding tert-OH is 1. The first kappa shape index (κ1) is 20.9. The number of ether oxygens (including phenoxy) is 1. The molecule has 0 unspecified atom stereocenters. The van der Waals surface area contributed by atoms with Crippen LogP contribution in [0.15, 0.2) is 42.5 Å². The molecule has 0 bridgehead atoms. The molecule has 2 aromatic rings. The van der Waals surface area contributed by atoms with Gasteiger partial charge in [-0.15, -0.1) is 0 Å². The molecule has 3 rings (SSSR count). The molecule has 2 aromatic carbocycles. The van der Waals surface area contributed by atoms with Gasteiger partial charge < -0.3 is 9.84 Å². The summed E-state index contributed by atoms with van der Waals surface area (Å²) < 4.78 is 5.96. The van der Waals surface area contributed by atoms with E-state index in [0.29, 0.717) is 19.2 Å². The summed E-state index contributed by atoms with van der Waals surface area (Å²) in [5, 5.41) is 10.5. The van der Waals surface area contributed by atoms with Gasteiger partial charge in [-0.25, -0.2) is 0 Å². The average Bonchev–Trinajstić information content (AvgIpc) is 2.72. The Balaban J connectivity index is 1.55. The van der Waals surface area contributed by atoms with E-state index >= 15 is 0 Å². The lowest BCUT2D eigenvalue weighted by molar-refractivity contribution is 0.0462. The Bertz CT molecular complexity index is 735. The standard InChI is InChI=1S/C25H35NO2/c1-4-26(23-8-6-5-7-9-23)17-24(27)18-28-25-15-14-22(16-20(25)3)21-12-10-19(2)11-13-21/h10-16,23-24,27H,4-9,17-18H2,1-3H3/t24-/m1/s1. The minimum atomic E-state index is -0.460. The molecule has 1 atom stereocenters. The lowest BCUT2D eigenvalue weighted by Gasteiger charge is -2.34. The van der Waals surface area contributed by atoms with Gasteiger partial charge in [0.15, 0.2) is 0 Å². The van der Waals surface area contributed by atoms with E-state index in [9.17, 15) is 5.11 Å². The van der Waals surface area contributed by atoms with Crippen LogP contribution < -0.4 is 4.74 Å². The van der Waals surface area contributed by atoms with Gasteiger partial charge in [0, 0.05) is 12.6 Å². The van der Waals surface area contributed by atoms with Crippen molar-refractivity contribution < 1.29 is 9.84 Å². The normalized spacial score (nSPS) is 16.3. The van der Waals surface area contributed by atoms with Crippen LogP contribution in [0, 0.1) is 13.8 Å². The van der Waals surface area contributed by atoms with Gasteiger partial charge in [0.2, 0.25) is 0 Å². The molecule has 3 nitrogen and oxygen atoms in total. The lowest BCUT2D eigenvalue weighted by atomic mass is 9.94. The van der Waals surface area contributed by atoms with Crippen LogP contribution in [0.4, 0.5) is 0 Å². The Morgan fingerprint density at radius 1 is 1.00 bits per heavy atom. The number of likely N-dealkylation sites (N-methyl/N-ethyl adjacent to an activating group) is 1. The zero-order valence-corrected chi connectivity index (χ0v) is 17.7. The second kappa shape index (κ2) is 10.1. The highest BCUT2D eigenvalue weighted by atomic mass is 16.5. The molecule has 0 spiro atoms. The maximum atomic E-state index is 10.5. The molecule has 0 heterocycles. The quantitative estimate of drug-likeness (QED) is 0.668. The fourth-order valence-corrected chi connectivity index (χ4v) is 4.23. The first-order valence-electron chi connectivity index (χ1n) is 10.8. The van der Waals surface area contributed by atoms with Crippen LogP contribution in [0.1, 0.15) is 50.2 Å². The van der Waals surface area contributed by atoms with Gasteiger partial charge in [0.05, 0.1) is 0 Å². The minimum Gasteiger partial charge on any atom is -0.491 e. The Labute approximate surface area is 170 Å². The molecule has 0 saturated heterocycles. The SMILES string of the molecule is CCN(C[C@@H](O)COc1ccc(-c2ccc(C)cc2)cc1C)C1CCCCC1. The molecule has 1 fully saturated rings. The summed E-state index contributed by atoms with van der Waals surface area (Å²) in [6.45, 7) is 8.39. The molecule has 0 amide bonds. The molecule has 0 radical (unpaired) electrons. The predicted molar refractivity (Wildman–Crippen MR) is 117 cm³/mol. The smallest absolute Gasteiger partial charge is 0.122 e. The summed E-state index contributed by atoms with van der Waals surface area (Å²) >= 11 is 0. The first-order valence-corrected chi connectivity index (χ1v) is 10.8. The predicted octanol–water partition coefficient (Wildman–Crippen LogP) is 5.36. The molecule has 1 aliphatic rings. The summed E-state index contributed by atoms with van der Waals surface area (Å²) in [5.74, 6) is 0.857. The second-order valence-corrected chi connectivity index (χ2v) is 8.19. The van der Waals surface area contributed by atoms with E-state index in [4.69, 9.17) is 4.74 Å². The molecular weight excluding hydrogens is 346 g/mol. The molecule has 0 aromatic heterocycles. The lowest BCUT2D eigenvalue weighted by Crippen LogP contribution is -2.43. The fraction of sp³-hybridized carbons (Fsp3) is 0.520. The van der Waals surface area contributed by atoms with Crippen LogP contribution in [0.25, 0.3) is 11.1 Å². The number of benzene rings is 2. The zero-order valence-electron chi connectivity index (χ0n) is 17.7. The number of aryl methyl sites for hydroxylation is 2. The molecule has 1 saturated carbocycles. The number of nitrogens with zero attached hydrogens (tertiary/aromatic N) is 1. The van der Waals surface area contributed by atoms with E-state index in [1.54, 1.807) is 0 Å². The Morgan fingerprint density at radius 3 is 2.32 bits per heavy atom. The van der Waals surface area contributed by atoms with Crippen LogP contribution in [-0.4, -0.2) is 41.8 Å². The van der Waals surface area contributed by atoms with Gasteiger partial charge in [-0.05, 0) is 62.1 Å². The average molecular weight is 382 g/mol. The Kier molecular flexibility index (Phi) is 7.52. The zero-order chi connectivity index (χ0) is 19.9. The van der Waals surface area contributed by atoms with E-state index in [0.717, 1.165) is 17.9 Å². The van der Waals surface area contributed by atoms with Gasteiger partial charge >= 0.3 is 0 Å². The fourth-order valence-electron chi connectivity index (χ4n) is 4.23. The van der Waals surface area contributed by atoms with Gasteiger partial charge in [0.25, 0.3) is 0 Å². The molecule has 1 aliphatic carbocycles. The van der Waals surface area contributed by atoms with Crippen molar-refractivity contribution in [2.75, 3.05) is 19.7 Å². The maximum Gasteiger partial charge on any atom is 0.122 e. The molecule has 1 N–H and O–H groups in total. The van der Waals surface area contributed by atoms with Crippen LogP contribution in [0.2, 0.25) is 0 Å². The summed E-state index contributed by atoms with van der Waals surface area (Å²) in [4.78, 5) is 2.43. The molecule has 152 valence electrons. The summed E-state index contributed by atoms with van der Waals surface area (Å²) in [7, 11) is 0. The van der Waals surface area contributed by atoms with E-state index in [-0.39, 0.29) is 0 Å². The molecule has 28 heavy (non-hydrogen) atoms. The Hall–Kier alpha value is -1.84. The molecule has 0 aliphatic heterocycles. The van der Waals surface area contributed by atoms with Crippen molar-refractivity contribution in [3.8, 4) is 16.9 Å². The Morgan fingerprint density at radius 2 is 1.68 bits per heavy atom. The third kappa shape index (κ3) is 5.59. The van der Waals surface area contributed by atoms with Crippen molar-refractivity contribution in [1.82, 2.24) is 4.90 Å². The largest absolute Gasteiger partial charge is 0.491 e. The van der Waals surface area contributed by atoms with Crippen molar-refractivity contribution in [2.45, 2.75) is 65.0 Å². The van der Waals surface area contributed by atoms with E-state index in [2.05, 4.69) is 62.1 Å². The maximum absolute atomic E-state index is 10.5. The molecule has 3 heteroatoms. The van der Waals surface area contributed by atoms with Gasteiger partial charge in [-0.2, -0.15) is 0 Å². The number of aliphatic hydroxyl groups is 1. The first-order chi connectivity index (χ1) is 13.6. The highest BCUT2D eigenvalue weighted by molar-refractivity contribution is 5.65. The number of hydrogen-bond donors (Lipinski definition) is 1. The summed E-state index contributed by atoms with van der Waals surface area (Å²) in [6, 6.07) is 15.5. The molecular formula is C25H35NO2. The van der Waals surface area contributed by atoms with Crippen LogP contribution in [0.5, 0.6) is 5.75 Å². The minimum absolute atomic E-state index is 0.341. The van der Waals surface area contributed by atoms with Crippen molar-refractivity contribution in [3.05, 3.63) is 53.6 Å². The van der Waals surface area contributed by atoms with Crippen molar-refractivity contribution in [3.63, 3.8) is 0 Å². The van der Waals surface area contributed by atoms with Gasteiger partial charge in [-0.1, -0.05) is 62.1 Å². The number of rotatable bonds is 8. The highest BCUT2D eigenvalue weighted by Crippen LogP contribution is 2.27. The van der Waals surface area contributed by atoms with Crippen LogP contribution in [0.3, 0.4) is 0 Å². The van der Waals surface area contributed by atoms with E-state index in [1.807, 2.05) is 6.07 Å². The van der Waals surface area contributed by atoms with Crippen molar-refractivity contribution in [2.24, 2.45) is 0 Å². The summed E-state index contributed by atoms with van der Waals surface area (Å²) in [6.07, 6.45) is 6.07. The summed E-state index contributed by atoms with van der Waals surface area (Å²) in [5.41, 5.74) is 4.78. The van der Waals surface area contributed by atoms with Gasteiger partial charge in [-0.3, -0.25) is 4.90 Å². The van der Waals surface area contributed by atoms with Crippen LogP contribution >= 0.6 is 0 Å². The van der Waals surface area contributed by atoms with Crippen molar-refractivity contribution >= 4 is 0 Å². The van der Waals surface area contributed by atoms with Gasteiger partial charge in [0.1, 0.15) is 18.5 Å². The highest BCUT2D eigenvalue weighted by Gasteiger charge is 2.22. The monoisotopic (exact) mass is 381 g/mol.